The van der Waals surface area contributed by atoms with Gasteiger partial charge in [-0.2, -0.15) is 0 Å². The molecule has 156 valence electrons. The number of ether oxygens (including phenoxy) is 4. The lowest BCUT2D eigenvalue weighted by atomic mass is 10.1. The maximum atomic E-state index is 12.4. The Morgan fingerprint density at radius 3 is 2.34 bits per heavy atom. The number of carbonyl (C=O) groups excluding carboxylic acids is 1. The summed E-state index contributed by atoms with van der Waals surface area (Å²) in [6.07, 6.45) is 3.24. The van der Waals surface area contributed by atoms with Crippen molar-refractivity contribution in [1.29, 1.82) is 0 Å². The fraction of sp³-hybridized carbons (Fsp3) is 0.348. The minimum absolute atomic E-state index is 0.206. The maximum absolute atomic E-state index is 12.4. The van der Waals surface area contributed by atoms with Crippen LogP contribution in [0, 0.1) is 0 Å². The molecule has 1 amide bonds. The molecule has 0 saturated heterocycles. The highest BCUT2D eigenvalue weighted by Gasteiger charge is 2.14. The molecule has 0 bridgehead atoms. The number of carbonyl (C=O) groups is 1. The second-order valence-corrected chi connectivity index (χ2v) is 6.24. The van der Waals surface area contributed by atoms with Gasteiger partial charge in [0.15, 0.2) is 11.5 Å². The Hall–Kier alpha value is -3.15. The molecular weight excluding hydrogens is 370 g/mol. The van der Waals surface area contributed by atoms with E-state index in [9.17, 15) is 4.79 Å². The molecule has 1 unspecified atom stereocenters. The Morgan fingerprint density at radius 1 is 0.966 bits per heavy atom. The second kappa shape index (κ2) is 11.0. The van der Waals surface area contributed by atoms with Crippen molar-refractivity contribution in [2.45, 2.75) is 26.8 Å². The Morgan fingerprint density at radius 2 is 1.69 bits per heavy atom. The van der Waals surface area contributed by atoms with E-state index in [0.717, 1.165) is 11.1 Å². The summed E-state index contributed by atoms with van der Waals surface area (Å²) in [5, 5.41) is 2.95. The fourth-order valence-electron chi connectivity index (χ4n) is 2.86. The SMILES string of the molecule is CCOc1ccc(C=CC(=O)NC(C)c2ccc(OC)cc2OC)cc1OCC. The van der Waals surface area contributed by atoms with E-state index in [0.29, 0.717) is 36.2 Å². The largest absolute Gasteiger partial charge is 0.497 e. The van der Waals surface area contributed by atoms with Crippen molar-refractivity contribution in [3.63, 3.8) is 0 Å². The van der Waals surface area contributed by atoms with E-state index in [-0.39, 0.29) is 11.9 Å². The van der Waals surface area contributed by atoms with E-state index >= 15 is 0 Å². The average Bonchev–Trinajstić information content (AvgIpc) is 2.73. The molecule has 0 aliphatic rings. The van der Waals surface area contributed by atoms with Gasteiger partial charge in [-0.1, -0.05) is 6.07 Å². The summed E-state index contributed by atoms with van der Waals surface area (Å²) in [6, 6.07) is 10.9. The molecule has 0 saturated carbocycles. The van der Waals surface area contributed by atoms with E-state index in [4.69, 9.17) is 18.9 Å². The van der Waals surface area contributed by atoms with Gasteiger partial charge in [0.1, 0.15) is 11.5 Å². The van der Waals surface area contributed by atoms with E-state index in [1.807, 2.05) is 51.1 Å². The third-order valence-corrected chi connectivity index (χ3v) is 4.26. The summed E-state index contributed by atoms with van der Waals surface area (Å²) in [5.41, 5.74) is 1.72. The summed E-state index contributed by atoms with van der Waals surface area (Å²) >= 11 is 0. The zero-order valence-electron chi connectivity index (χ0n) is 17.7. The minimum Gasteiger partial charge on any atom is -0.497 e. The molecule has 1 atom stereocenters. The Balaban J connectivity index is 2.08. The fourth-order valence-corrected chi connectivity index (χ4v) is 2.86. The molecule has 29 heavy (non-hydrogen) atoms. The van der Waals surface area contributed by atoms with Crippen LogP contribution < -0.4 is 24.3 Å². The summed E-state index contributed by atoms with van der Waals surface area (Å²) in [4.78, 5) is 12.4. The van der Waals surface area contributed by atoms with E-state index in [1.165, 1.54) is 6.08 Å². The lowest BCUT2D eigenvalue weighted by Gasteiger charge is -2.17. The van der Waals surface area contributed by atoms with Crippen LogP contribution in [-0.2, 0) is 4.79 Å². The van der Waals surface area contributed by atoms with Crippen molar-refractivity contribution in [1.82, 2.24) is 5.32 Å². The number of amides is 1. The Kier molecular flexibility index (Phi) is 8.40. The van der Waals surface area contributed by atoms with Gasteiger partial charge in [0.05, 0.1) is 33.5 Å². The van der Waals surface area contributed by atoms with Gasteiger partial charge in [-0.3, -0.25) is 4.79 Å². The highest BCUT2D eigenvalue weighted by Crippen LogP contribution is 2.30. The number of nitrogens with one attached hydrogen (secondary N) is 1. The summed E-state index contributed by atoms with van der Waals surface area (Å²) < 4.78 is 21.8. The molecular formula is C23H29NO5. The van der Waals surface area contributed by atoms with Crippen molar-refractivity contribution in [3.8, 4) is 23.0 Å². The maximum Gasteiger partial charge on any atom is 0.244 e. The standard InChI is InChI=1S/C23H29NO5/c1-6-28-20-12-8-17(14-22(20)29-7-2)9-13-23(25)24-16(3)19-11-10-18(26-4)15-21(19)27-5/h8-16H,6-7H2,1-5H3,(H,24,25). The predicted molar refractivity (Wildman–Crippen MR) is 114 cm³/mol. The molecule has 0 aliphatic carbocycles. The lowest BCUT2D eigenvalue weighted by Crippen LogP contribution is -2.25. The normalized spacial score (nSPS) is 11.8. The number of hydrogen-bond acceptors (Lipinski definition) is 5. The van der Waals surface area contributed by atoms with Gasteiger partial charge in [-0.05, 0) is 56.7 Å². The molecule has 6 nitrogen and oxygen atoms in total. The minimum atomic E-state index is -0.229. The third-order valence-electron chi connectivity index (χ3n) is 4.26. The number of methoxy groups -OCH3 is 2. The quantitative estimate of drug-likeness (QED) is 0.600. The predicted octanol–water partition coefficient (Wildman–Crippen LogP) is 4.39. The zero-order chi connectivity index (χ0) is 21.2. The summed E-state index contributed by atoms with van der Waals surface area (Å²) in [6.45, 7) is 6.84. The van der Waals surface area contributed by atoms with Crippen LogP contribution in [-0.4, -0.2) is 33.3 Å². The third kappa shape index (κ3) is 6.17. The van der Waals surface area contributed by atoms with Crippen LogP contribution in [0.15, 0.2) is 42.5 Å². The first-order valence-electron chi connectivity index (χ1n) is 9.62. The van der Waals surface area contributed by atoms with Crippen molar-refractivity contribution in [2.75, 3.05) is 27.4 Å². The highest BCUT2D eigenvalue weighted by atomic mass is 16.5. The van der Waals surface area contributed by atoms with Crippen molar-refractivity contribution in [2.24, 2.45) is 0 Å². The van der Waals surface area contributed by atoms with Crippen molar-refractivity contribution < 1.29 is 23.7 Å². The van der Waals surface area contributed by atoms with Crippen molar-refractivity contribution in [3.05, 3.63) is 53.6 Å². The van der Waals surface area contributed by atoms with Gasteiger partial charge in [-0.25, -0.2) is 0 Å². The van der Waals surface area contributed by atoms with Crippen LogP contribution in [0.3, 0.4) is 0 Å². The molecule has 0 aromatic heterocycles. The molecule has 2 aromatic carbocycles. The highest BCUT2D eigenvalue weighted by molar-refractivity contribution is 5.92. The molecule has 2 aromatic rings. The molecule has 0 radical (unpaired) electrons. The topological polar surface area (TPSA) is 66.0 Å². The van der Waals surface area contributed by atoms with E-state index in [1.54, 1.807) is 26.4 Å². The van der Waals surface area contributed by atoms with Gasteiger partial charge in [-0.15, -0.1) is 0 Å². The molecule has 0 heterocycles. The first kappa shape index (κ1) is 22.1. The number of benzene rings is 2. The molecule has 0 spiro atoms. The molecule has 0 fully saturated rings. The zero-order valence-corrected chi connectivity index (χ0v) is 17.7. The van der Waals surface area contributed by atoms with Gasteiger partial charge >= 0.3 is 0 Å². The van der Waals surface area contributed by atoms with E-state index in [2.05, 4.69) is 5.32 Å². The number of rotatable bonds is 10. The van der Waals surface area contributed by atoms with Crippen molar-refractivity contribution >= 4 is 12.0 Å². The summed E-state index contributed by atoms with van der Waals surface area (Å²) in [7, 11) is 3.19. The van der Waals surface area contributed by atoms with Gasteiger partial charge in [0, 0.05) is 17.7 Å². The van der Waals surface area contributed by atoms with Gasteiger partial charge in [0.25, 0.3) is 0 Å². The van der Waals surface area contributed by atoms with Crippen LogP contribution in [0.1, 0.15) is 37.9 Å². The Labute approximate surface area is 172 Å². The van der Waals surface area contributed by atoms with Crippen LogP contribution in [0.4, 0.5) is 0 Å². The summed E-state index contributed by atoms with van der Waals surface area (Å²) in [5.74, 6) is 2.50. The van der Waals surface area contributed by atoms with Crippen LogP contribution in [0.5, 0.6) is 23.0 Å². The molecule has 1 N–H and O–H groups in total. The smallest absolute Gasteiger partial charge is 0.244 e. The van der Waals surface area contributed by atoms with Crippen LogP contribution in [0.2, 0.25) is 0 Å². The first-order valence-corrected chi connectivity index (χ1v) is 9.62. The van der Waals surface area contributed by atoms with Crippen LogP contribution >= 0.6 is 0 Å². The van der Waals surface area contributed by atoms with Gasteiger partial charge in [0.2, 0.25) is 5.91 Å². The first-order chi connectivity index (χ1) is 14.0. The molecule has 0 aliphatic heterocycles. The lowest BCUT2D eigenvalue weighted by molar-refractivity contribution is -0.117. The molecule has 6 heteroatoms. The number of hydrogen-bond donors (Lipinski definition) is 1. The van der Waals surface area contributed by atoms with Gasteiger partial charge < -0.3 is 24.3 Å². The monoisotopic (exact) mass is 399 g/mol. The van der Waals surface area contributed by atoms with E-state index < -0.39 is 0 Å². The second-order valence-electron chi connectivity index (χ2n) is 6.24. The average molecular weight is 399 g/mol. The molecule has 2 rings (SSSR count). The van der Waals surface area contributed by atoms with Crippen LogP contribution in [0.25, 0.3) is 6.08 Å². The Bertz CT molecular complexity index is 847.